The molecule has 0 aromatic heterocycles. The smallest absolute Gasteiger partial charge is 0.330 e. The molecule has 1 N–H and O–H groups in total. The Labute approximate surface area is 108 Å². The summed E-state index contributed by atoms with van der Waals surface area (Å²) in [7, 11) is 0. The highest BCUT2D eigenvalue weighted by Gasteiger charge is 2.63. The Kier molecular flexibility index (Phi) is 2.77. The lowest BCUT2D eigenvalue weighted by Gasteiger charge is -2.41. The third-order valence-electron chi connectivity index (χ3n) is 5.69. The number of hydrogen-bond donors (Lipinski definition) is 1. The number of aliphatic hydroxyl groups excluding tert-OH is 1. The zero-order chi connectivity index (χ0) is 12.9. The maximum absolute atomic E-state index is 11.6. The van der Waals surface area contributed by atoms with Crippen LogP contribution in [0.4, 0.5) is 0 Å². The number of esters is 1. The Morgan fingerprint density at radius 2 is 2.17 bits per heavy atom. The number of hydrogen-bond acceptors (Lipinski definition) is 3. The van der Waals surface area contributed by atoms with Gasteiger partial charge >= 0.3 is 5.97 Å². The van der Waals surface area contributed by atoms with Gasteiger partial charge in [0.15, 0.2) is 0 Å². The predicted octanol–water partition coefficient (Wildman–Crippen LogP) is 2.29. The Morgan fingerprint density at radius 1 is 1.44 bits per heavy atom. The molecule has 2 bridgehead atoms. The van der Waals surface area contributed by atoms with Gasteiger partial charge in [0.25, 0.3) is 0 Å². The van der Waals surface area contributed by atoms with Crippen LogP contribution in [0, 0.1) is 23.7 Å². The lowest BCUT2D eigenvalue weighted by molar-refractivity contribution is -0.178. The van der Waals surface area contributed by atoms with Gasteiger partial charge < -0.3 is 9.84 Å². The molecule has 3 aliphatic rings. The average Bonchev–Trinajstić information content (AvgIpc) is 3.00. The van der Waals surface area contributed by atoms with E-state index in [2.05, 4.69) is 6.58 Å². The van der Waals surface area contributed by atoms with Gasteiger partial charge in [-0.25, -0.2) is 4.79 Å². The van der Waals surface area contributed by atoms with Crippen molar-refractivity contribution in [1.82, 2.24) is 0 Å². The van der Waals surface area contributed by atoms with Gasteiger partial charge in [0, 0.05) is 12.0 Å². The fourth-order valence-electron chi connectivity index (χ4n) is 5.07. The number of carbonyl (C=O) groups is 1. The molecular formula is C15H22O3. The molecule has 6 atom stereocenters. The van der Waals surface area contributed by atoms with Crippen LogP contribution in [-0.2, 0) is 9.53 Å². The summed E-state index contributed by atoms with van der Waals surface area (Å²) in [6.45, 7) is 5.24. The van der Waals surface area contributed by atoms with Crippen LogP contribution in [0.1, 0.15) is 39.0 Å². The van der Waals surface area contributed by atoms with Crippen molar-refractivity contribution in [3.8, 4) is 0 Å². The van der Waals surface area contributed by atoms with Crippen molar-refractivity contribution in [2.24, 2.45) is 23.7 Å². The van der Waals surface area contributed by atoms with Crippen molar-refractivity contribution < 1.29 is 14.6 Å². The van der Waals surface area contributed by atoms with E-state index < -0.39 is 11.7 Å². The van der Waals surface area contributed by atoms with Crippen molar-refractivity contribution in [3.63, 3.8) is 0 Å². The second-order valence-electron chi connectivity index (χ2n) is 6.32. The van der Waals surface area contributed by atoms with Gasteiger partial charge in [0.2, 0.25) is 0 Å². The summed E-state index contributed by atoms with van der Waals surface area (Å²) in [6.07, 6.45) is 6.38. The maximum Gasteiger partial charge on any atom is 0.330 e. The second kappa shape index (κ2) is 4.09. The Morgan fingerprint density at radius 3 is 2.83 bits per heavy atom. The first kappa shape index (κ1) is 12.2. The van der Waals surface area contributed by atoms with E-state index in [0.717, 1.165) is 18.8 Å². The van der Waals surface area contributed by atoms with Crippen LogP contribution in [0.5, 0.6) is 0 Å². The number of fused-ring (bicyclic) bond motifs is 5. The number of ether oxygens (including phenoxy) is 1. The first-order chi connectivity index (χ1) is 8.58. The molecule has 0 heterocycles. The highest BCUT2D eigenvalue weighted by molar-refractivity contribution is 5.81. The molecule has 0 amide bonds. The van der Waals surface area contributed by atoms with Gasteiger partial charge in [0.1, 0.15) is 5.60 Å². The fraction of sp³-hybridized carbons (Fsp3) is 0.800. The van der Waals surface area contributed by atoms with E-state index in [1.165, 1.54) is 25.3 Å². The van der Waals surface area contributed by atoms with E-state index in [1.807, 2.05) is 0 Å². The minimum absolute atomic E-state index is 0.375. The van der Waals surface area contributed by atoms with Crippen LogP contribution >= 0.6 is 0 Å². The minimum Gasteiger partial charge on any atom is -0.453 e. The first-order valence-electron chi connectivity index (χ1n) is 7.12. The van der Waals surface area contributed by atoms with Crippen LogP contribution in [0.15, 0.2) is 12.7 Å². The first-order valence-corrected chi connectivity index (χ1v) is 7.12. The van der Waals surface area contributed by atoms with Crippen LogP contribution in [0.2, 0.25) is 0 Å². The van der Waals surface area contributed by atoms with Crippen molar-refractivity contribution in [3.05, 3.63) is 12.7 Å². The van der Waals surface area contributed by atoms with Gasteiger partial charge in [-0.1, -0.05) is 6.58 Å². The van der Waals surface area contributed by atoms with E-state index >= 15 is 0 Å². The summed E-state index contributed by atoms with van der Waals surface area (Å²) in [5, 5.41) is 10.2. The predicted molar refractivity (Wildman–Crippen MR) is 67.7 cm³/mol. The van der Waals surface area contributed by atoms with E-state index in [1.54, 1.807) is 6.92 Å². The van der Waals surface area contributed by atoms with Gasteiger partial charge in [-0.3, -0.25) is 0 Å². The van der Waals surface area contributed by atoms with Crippen molar-refractivity contribution in [1.29, 1.82) is 0 Å². The van der Waals surface area contributed by atoms with E-state index in [4.69, 9.17) is 4.74 Å². The monoisotopic (exact) mass is 250 g/mol. The third-order valence-corrected chi connectivity index (χ3v) is 5.69. The molecule has 3 saturated carbocycles. The molecule has 0 aromatic rings. The van der Waals surface area contributed by atoms with Gasteiger partial charge in [0.05, 0.1) is 6.10 Å². The molecule has 100 valence electrons. The summed E-state index contributed by atoms with van der Waals surface area (Å²) in [5.41, 5.74) is -0.643. The molecule has 3 fully saturated rings. The quantitative estimate of drug-likeness (QED) is 0.617. The number of aliphatic hydroxyl groups is 1. The zero-order valence-corrected chi connectivity index (χ0v) is 11.0. The van der Waals surface area contributed by atoms with Crippen molar-refractivity contribution in [2.45, 2.75) is 50.7 Å². The highest BCUT2D eigenvalue weighted by Crippen LogP contribution is 2.63. The highest BCUT2D eigenvalue weighted by atomic mass is 16.6. The number of rotatable bonds is 3. The maximum atomic E-state index is 11.6. The molecule has 3 rings (SSSR count). The second-order valence-corrected chi connectivity index (χ2v) is 6.32. The van der Waals surface area contributed by atoms with Crippen LogP contribution in [0.3, 0.4) is 0 Å². The molecule has 0 radical (unpaired) electrons. The molecule has 6 unspecified atom stereocenters. The van der Waals surface area contributed by atoms with E-state index in [9.17, 15) is 9.90 Å². The molecular weight excluding hydrogens is 228 g/mol. The average molecular weight is 250 g/mol. The summed E-state index contributed by atoms with van der Waals surface area (Å²) in [6, 6.07) is 0. The molecule has 0 spiro atoms. The SMILES string of the molecule is C=CC(=O)OC1(C(C)O)CCC2C3CCC(C3)C21. The summed E-state index contributed by atoms with van der Waals surface area (Å²) >= 11 is 0. The van der Waals surface area contributed by atoms with Gasteiger partial charge in [-0.05, 0) is 56.8 Å². The normalized spacial score (nSPS) is 46.8. The Bertz CT molecular complexity index is 376. The number of carbonyl (C=O) groups excluding carboxylic acids is 1. The molecule has 3 aliphatic carbocycles. The fourth-order valence-corrected chi connectivity index (χ4v) is 5.07. The largest absolute Gasteiger partial charge is 0.453 e. The van der Waals surface area contributed by atoms with Crippen LogP contribution < -0.4 is 0 Å². The van der Waals surface area contributed by atoms with Crippen molar-refractivity contribution in [2.75, 3.05) is 0 Å². The summed E-state index contributed by atoms with van der Waals surface area (Å²) < 4.78 is 5.67. The van der Waals surface area contributed by atoms with E-state index in [0.29, 0.717) is 17.8 Å². The summed E-state index contributed by atoms with van der Waals surface area (Å²) in [5.74, 6) is 2.10. The molecule has 18 heavy (non-hydrogen) atoms. The van der Waals surface area contributed by atoms with Crippen LogP contribution in [0.25, 0.3) is 0 Å². The lowest BCUT2D eigenvalue weighted by atomic mass is 9.73. The molecule has 0 saturated heterocycles. The molecule has 0 aromatic carbocycles. The molecule has 3 heteroatoms. The topological polar surface area (TPSA) is 46.5 Å². The van der Waals surface area contributed by atoms with Crippen molar-refractivity contribution >= 4 is 5.97 Å². The van der Waals surface area contributed by atoms with Gasteiger partial charge in [-0.15, -0.1) is 0 Å². The Balaban J connectivity index is 1.91. The zero-order valence-electron chi connectivity index (χ0n) is 11.0. The third kappa shape index (κ3) is 1.49. The van der Waals surface area contributed by atoms with Crippen LogP contribution in [-0.4, -0.2) is 22.8 Å². The standard InChI is InChI=1S/C15H22O3/c1-3-13(17)18-15(9(2)16)7-6-12-10-4-5-11(8-10)14(12)15/h3,9-12,14,16H,1,4-8H2,2H3. The molecule has 3 nitrogen and oxygen atoms in total. The Hall–Kier alpha value is -0.830. The van der Waals surface area contributed by atoms with Gasteiger partial charge in [-0.2, -0.15) is 0 Å². The molecule has 0 aliphatic heterocycles. The lowest BCUT2D eigenvalue weighted by Crippen LogP contribution is -2.50. The summed E-state index contributed by atoms with van der Waals surface area (Å²) in [4.78, 5) is 11.6. The minimum atomic E-state index is -0.643. The van der Waals surface area contributed by atoms with E-state index in [-0.39, 0.29) is 5.97 Å².